The molecule has 1 spiro atoms. The average Bonchev–Trinajstić information content (AvgIpc) is 3.38. The minimum atomic E-state index is -0.546. The van der Waals surface area contributed by atoms with Crippen LogP contribution in [0, 0.1) is 18.8 Å². The van der Waals surface area contributed by atoms with Crippen LogP contribution in [0.3, 0.4) is 0 Å². The molecule has 26 heavy (non-hydrogen) atoms. The molecular formula is C21H23N3OS. The Hall–Kier alpha value is -1.98. The third kappa shape index (κ3) is 2.53. The number of amides is 1. The Morgan fingerprint density at radius 2 is 2.08 bits per heavy atom. The normalized spacial score (nSPS) is 30.7. The predicted molar refractivity (Wildman–Crippen MR) is 104 cm³/mol. The molecule has 134 valence electrons. The van der Waals surface area contributed by atoms with E-state index in [0.717, 1.165) is 43.9 Å². The summed E-state index contributed by atoms with van der Waals surface area (Å²) in [4.78, 5) is 23.2. The summed E-state index contributed by atoms with van der Waals surface area (Å²) in [5.41, 5.74) is 0.459. The molecule has 1 N–H and O–H groups in total. The van der Waals surface area contributed by atoms with Crippen molar-refractivity contribution in [3.05, 3.63) is 57.8 Å². The minimum absolute atomic E-state index is 0.109. The van der Waals surface area contributed by atoms with Crippen LogP contribution in [-0.2, 0) is 11.3 Å². The van der Waals surface area contributed by atoms with Crippen molar-refractivity contribution in [1.29, 1.82) is 0 Å². The van der Waals surface area contributed by atoms with Crippen molar-refractivity contribution in [3.8, 4) is 0 Å². The van der Waals surface area contributed by atoms with Gasteiger partial charge in [-0.05, 0) is 37.8 Å². The van der Waals surface area contributed by atoms with Crippen LogP contribution in [0.15, 0.2) is 47.5 Å². The van der Waals surface area contributed by atoms with E-state index in [1.165, 1.54) is 9.75 Å². The zero-order valence-electron chi connectivity index (χ0n) is 14.9. The van der Waals surface area contributed by atoms with E-state index in [4.69, 9.17) is 4.99 Å². The molecule has 2 fully saturated rings. The van der Waals surface area contributed by atoms with Crippen LogP contribution in [0.4, 0.5) is 0 Å². The van der Waals surface area contributed by atoms with Gasteiger partial charge in [-0.15, -0.1) is 11.3 Å². The van der Waals surface area contributed by atoms with Crippen LogP contribution in [0.5, 0.6) is 0 Å². The molecule has 3 aliphatic rings. The molecule has 0 unspecified atom stereocenters. The second-order valence-corrected chi connectivity index (χ2v) is 9.19. The molecule has 3 atom stereocenters. The first-order valence-corrected chi connectivity index (χ1v) is 10.2. The molecule has 1 saturated heterocycles. The van der Waals surface area contributed by atoms with E-state index < -0.39 is 5.54 Å². The van der Waals surface area contributed by atoms with Crippen molar-refractivity contribution in [3.63, 3.8) is 0 Å². The van der Waals surface area contributed by atoms with Gasteiger partial charge in [-0.25, -0.2) is 0 Å². The van der Waals surface area contributed by atoms with Gasteiger partial charge in [-0.3, -0.25) is 14.7 Å². The van der Waals surface area contributed by atoms with Crippen molar-refractivity contribution in [2.45, 2.75) is 31.8 Å². The first-order chi connectivity index (χ1) is 12.6. The SMILES string of the molecule is Cc1ccc(CN2C[C@@H]3CC[C@]4(N=C(c5ccccc5)NC4=O)[C@@H]3C2)s1. The molecule has 0 radical (unpaired) electrons. The molecule has 2 aliphatic heterocycles. The maximum atomic E-state index is 13.0. The Morgan fingerprint density at radius 3 is 2.85 bits per heavy atom. The second kappa shape index (κ2) is 6.03. The van der Waals surface area contributed by atoms with E-state index in [-0.39, 0.29) is 5.91 Å². The molecule has 1 aromatic heterocycles. The van der Waals surface area contributed by atoms with E-state index in [0.29, 0.717) is 11.8 Å². The van der Waals surface area contributed by atoms with Gasteiger partial charge in [-0.2, -0.15) is 0 Å². The van der Waals surface area contributed by atoms with E-state index in [1.807, 2.05) is 41.7 Å². The highest BCUT2D eigenvalue weighted by Gasteiger charge is 2.59. The molecular weight excluding hydrogens is 342 g/mol. The summed E-state index contributed by atoms with van der Waals surface area (Å²) in [5, 5.41) is 3.08. The number of nitrogens with zero attached hydrogens (tertiary/aromatic N) is 2. The summed E-state index contributed by atoms with van der Waals surface area (Å²) in [7, 11) is 0. The fourth-order valence-corrected chi connectivity index (χ4v) is 5.88. The van der Waals surface area contributed by atoms with E-state index in [9.17, 15) is 4.79 Å². The number of aryl methyl sites for hydroxylation is 1. The fourth-order valence-electron chi connectivity index (χ4n) is 4.95. The molecule has 2 aromatic rings. The second-order valence-electron chi connectivity index (χ2n) is 7.82. The number of amidine groups is 1. The smallest absolute Gasteiger partial charge is 0.253 e. The first kappa shape index (κ1) is 16.2. The molecule has 1 amide bonds. The van der Waals surface area contributed by atoms with Crippen LogP contribution in [0.1, 0.15) is 28.2 Å². The molecule has 5 heteroatoms. The number of nitrogens with one attached hydrogen (secondary N) is 1. The molecule has 0 bridgehead atoms. The van der Waals surface area contributed by atoms with Crippen LogP contribution < -0.4 is 5.32 Å². The third-order valence-electron chi connectivity index (χ3n) is 6.19. The van der Waals surface area contributed by atoms with Gasteiger partial charge in [0, 0.05) is 40.9 Å². The van der Waals surface area contributed by atoms with E-state index in [1.54, 1.807) is 0 Å². The van der Waals surface area contributed by atoms with Crippen molar-refractivity contribution in [1.82, 2.24) is 10.2 Å². The molecule has 3 heterocycles. The number of likely N-dealkylation sites (tertiary alicyclic amines) is 1. The van der Waals surface area contributed by atoms with Gasteiger partial charge >= 0.3 is 0 Å². The molecule has 1 aliphatic carbocycles. The Morgan fingerprint density at radius 1 is 1.23 bits per heavy atom. The fraction of sp³-hybridized carbons (Fsp3) is 0.429. The highest BCUT2D eigenvalue weighted by atomic mass is 32.1. The monoisotopic (exact) mass is 365 g/mol. The van der Waals surface area contributed by atoms with Crippen molar-refractivity contribution in [2.75, 3.05) is 13.1 Å². The average molecular weight is 366 g/mol. The number of thiophene rings is 1. The molecule has 5 rings (SSSR count). The standard InChI is InChI=1S/C21H23N3OS/c1-14-7-8-17(26-14)12-24-11-16-9-10-21(18(16)13-24)20(25)22-19(23-21)15-5-3-2-4-6-15/h2-8,16,18H,9-13H2,1H3,(H,22,23,25)/t16-,18+,21-/m0/s1. The maximum Gasteiger partial charge on any atom is 0.253 e. The van der Waals surface area contributed by atoms with Gasteiger partial charge in [0.05, 0.1) is 0 Å². The lowest BCUT2D eigenvalue weighted by Crippen LogP contribution is -2.44. The summed E-state index contributed by atoms with van der Waals surface area (Å²) in [6.07, 6.45) is 1.99. The summed E-state index contributed by atoms with van der Waals surface area (Å²) < 4.78 is 0. The highest BCUT2D eigenvalue weighted by Crippen LogP contribution is 2.49. The van der Waals surface area contributed by atoms with Gasteiger partial charge in [-0.1, -0.05) is 30.3 Å². The molecule has 1 aromatic carbocycles. The summed E-state index contributed by atoms with van der Waals surface area (Å²) in [6, 6.07) is 14.4. The van der Waals surface area contributed by atoms with Crippen LogP contribution >= 0.6 is 11.3 Å². The number of rotatable bonds is 3. The largest absolute Gasteiger partial charge is 0.308 e. The van der Waals surface area contributed by atoms with Gasteiger partial charge in [0.25, 0.3) is 5.91 Å². The van der Waals surface area contributed by atoms with Crippen molar-refractivity contribution in [2.24, 2.45) is 16.8 Å². The van der Waals surface area contributed by atoms with Gasteiger partial charge in [0.1, 0.15) is 11.4 Å². The lowest BCUT2D eigenvalue weighted by molar-refractivity contribution is -0.125. The quantitative estimate of drug-likeness (QED) is 0.908. The number of aliphatic imine (C=N–C) groups is 1. The number of benzene rings is 1. The summed E-state index contributed by atoms with van der Waals surface area (Å²) >= 11 is 1.88. The Bertz CT molecular complexity index is 874. The van der Waals surface area contributed by atoms with Gasteiger partial charge in [0.15, 0.2) is 0 Å². The van der Waals surface area contributed by atoms with Gasteiger partial charge in [0.2, 0.25) is 0 Å². The summed E-state index contributed by atoms with van der Waals surface area (Å²) in [5.74, 6) is 1.78. The number of carbonyl (C=O) groups is 1. The van der Waals surface area contributed by atoms with Crippen molar-refractivity contribution >= 4 is 23.1 Å². The summed E-state index contributed by atoms with van der Waals surface area (Å²) in [6.45, 7) is 5.22. The zero-order chi connectivity index (χ0) is 17.7. The van der Waals surface area contributed by atoms with Crippen LogP contribution in [-0.4, -0.2) is 35.3 Å². The number of hydrogen-bond donors (Lipinski definition) is 1. The predicted octanol–water partition coefficient (Wildman–Crippen LogP) is 3.21. The topological polar surface area (TPSA) is 44.7 Å². The first-order valence-electron chi connectivity index (χ1n) is 9.38. The number of carbonyl (C=O) groups excluding carboxylic acids is 1. The van der Waals surface area contributed by atoms with Gasteiger partial charge < -0.3 is 5.32 Å². The minimum Gasteiger partial charge on any atom is -0.308 e. The third-order valence-corrected chi connectivity index (χ3v) is 7.17. The number of hydrogen-bond acceptors (Lipinski definition) is 4. The maximum absolute atomic E-state index is 13.0. The number of fused-ring (bicyclic) bond motifs is 2. The lowest BCUT2D eigenvalue weighted by Gasteiger charge is -2.25. The highest BCUT2D eigenvalue weighted by molar-refractivity contribution is 7.11. The van der Waals surface area contributed by atoms with Crippen LogP contribution in [0.25, 0.3) is 0 Å². The van der Waals surface area contributed by atoms with Crippen molar-refractivity contribution < 1.29 is 4.79 Å². The Labute approximate surface area is 157 Å². The zero-order valence-corrected chi connectivity index (χ0v) is 15.8. The Kier molecular flexibility index (Phi) is 3.76. The Balaban J connectivity index is 1.39. The van der Waals surface area contributed by atoms with E-state index in [2.05, 4.69) is 29.3 Å². The molecule has 4 nitrogen and oxygen atoms in total. The van der Waals surface area contributed by atoms with E-state index >= 15 is 0 Å². The van der Waals surface area contributed by atoms with Crippen LogP contribution in [0.2, 0.25) is 0 Å². The molecule has 1 saturated carbocycles. The lowest BCUT2D eigenvalue weighted by atomic mass is 9.85.